The Bertz CT molecular complexity index is 2680. The predicted molar refractivity (Wildman–Crippen MR) is 248 cm³/mol. The molecule has 5 aliphatic rings. The number of hydrogen-bond acceptors (Lipinski definition) is 14. The van der Waals surface area contributed by atoms with Gasteiger partial charge in [0.05, 0.1) is 35.0 Å². The molecule has 18 nitrogen and oxygen atoms in total. The summed E-state index contributed by atoms with van der Waals surface area (Å²) in [7, 11) is 1.51. The Morgan fingerprint density at radius 3 is 2.44 bits per heavy atom. The van der Waals surface area contributed by atoms with Crippen molar-refractivity contribution in [3.05, 3.63) is 74.7 Å². The van der Waals surface area contributed by atoms with Gasteiger partial charge < -0.3 is 34.5 Å². The van der Waals surface area contributed by atoms with Crippen LogP contribution in [0.2, 0.25) is 5.02 Å². The lowest BCUT2D eigenvalue weighted by molar-refractivity contribution is -0.136. The molecule has 19 heteroatoms. The second-order valence-electron chi connectivity index (χ2n) is 18.2. The van der Waals surface area contributed by atoms with Crippen LogP contribution in [0.15, 0.2) is 47.4 Å². The zero-order valence-electron chi connectivity index (χ0n) is 37.8. The summed E-state index contributed by atoms with van der Waals surface area (Å²) in [6.07, 6.45) is 5.77. The van der Waals surface area contributed by atoms with E-state index in [4.69, 9.17) is 26.1 Å². The Kier molecular flexibility index (Phi) is 12.5. The molecule has 0 radical (unpaired) electrons. The molecule has 348 valence electrons. The normalized spacial score (nSPS) is 22.7. The summed E-state index contributed by atoms with van der Waals surface area (Å²) in [5.74, 6) is -1.21. The smallest absolute Gasteiger partial charge is 0.293 e. The number of imide groups is 2. The van der Waals surface area contributed by atoms with E-state index < -0.39 is 29.7 Å². The van der Waals surface area contributed by atoms with Crippen molar-refractivity contribution in [3.8, 4) is 5.75 Å². The summed E-state index contributed by atoms with van der Waals surface area (Å²) in [5.41, 5.74) is 3.40. The summed E-state index contributed by atoms with van der Waals surface area (Å²) in [4.78, 5) is 93.8. The first-order valence-corrected chi connectivity index (χ1v) is 23.1. The molecule has 1 aliphatic carbocycles. The van der Waals surface area contributed by atoms with E-state index in [0.29, 0.717) is 39.6 Å². The Hall–Kier alpha value is -6.11. The molecule has 4 aliphatic heterocycles. The number of carbonyl (C=O) groups excluding carboxylic acids is 5. The number of benzene rings is 2. The minimum absolute atomic E-state index is 0.0806. The molecule has 66 heavy (non-hydrogen) atoms. The Balaban J connectivity index is 0.763. The van der Waals surface area contributed by atoms with Crippen molar-refractivity contribution in [1.29, 1.82) is 0 Å². The minimum Gasteiger partial charge on any atom is -0.478 e. The zero-order valence-corrected chi connectivity index (χ0v) is 38.5. The fourth-order valence-electron chi connectivity index (χ4n) is 10.1. The van der Waals surface area contributed by atoms with Gasteiger partial charge in [0, 0.05) is 81.1 Å². The first-order valence-electron chi connectivity index (χ1n) is 22.8. The molecule has 4 fully saturated rings. The number of ether oxygens (including phenoxy) is 2. The average molecular weight is 923 g/mol. The van der Waals surface area contributed by atoms with Gasteiger partial charge in [-0.15, -0.1) is 0 Å². The van der Waals surface area contributed by atoms with Crippen molar-refractivity contribution < 1.29 is 33.4 Å². The van der Waals surface area contributed by atoms with E-state index in [2.05, 4.69) is 42.6 Å². The maximum atomic E-state index is 13.6. The fourth-order valence-corrected chi connectivity index (χ4v) is 10.3. The van der Waals surface area contributed by atoms with Crippen molar-refractivity contribution in [3.63, 3.8) is 0 Å². The third-order valence-electron chi connectivity index (χ3n) is 13.7. The summed E-state index contributed by atoms with van der Waals surface area (Å²) >= 11 is 6.61. The van der Waals surface area contributed by atoms with Gasteiger partial charge >= 0.3 is 0 Å². The van der Waals surface area contributed by atoms with Crippen LogP contribution in [0.5, 0.6) is 5.75 Å². The van der Waals surface area contributed by atoms with Crippen LogP contribution in [0, 0.1) is 6.92 Å². The van der Waals surface area contributed by atoms with E-state index in [9.17, 15) is 28.8 Å². The number of pyridine rings is 1. The molecule has 6 heterocycles. The lowest BCUT2D eigenvalue weighted by Gasteiger charge is -2.50. The van der Waals surface area contributed by atoms with Gasteiger partial charge in [-0.05, 0) is 102 Å². The Morgan fingerprint density at radius 2 is 1.73 bits per heavy atom. The van der Waals surface area contributed by atoms with E-state index in [1.54, 1.807) is 22.9 Å². The van der Waals surface area contributed by atoms with Gasteiger partial charge in [-0.3, -0.25) is 43.9 Å². The molecule has 9 rings (SSSR count). The first kappa shape index (κ1) is 45.1. The van der Waals surface area contributed by atoms with Gasteiger partial charge in [-0.2, -0.15) is 4.98 Å². The van der Waals surface area contributed by atoms with Gasteiger partial charge in [0.1, 0.15) is 11.1 Å². The van der Waals surface area contributed by atoms with Crippen LogP contribution in [0.3, 0.4) is 0 Å². The highest BCUT2D eigenvalue weighted by Gasteiger charge is 2.46. The lowest BCUT2D eigenvalue weighted by Crippen LogP contribution is -2.60. The number of fused-ring (bicyclic) bond motifs is 2. The number of halogens is 1. The first-order chi connectivity index (χ1) is 31.7. The van der Waals surface area contributed by atoms with Gasteiger partial charge in [0.15, 0.2) is 18.2 Å². The Labute approximate surface area is 386 Å². The second kappa shape index (κ2) is 18.3. The largest absolute Gasteiger partial charge is 0.478 e. The van der Waals surface area contributed by atoms with Crippen LogP contribution >= 0.6 is 11.6 Å². The molecule has 5 amide bonds. The molecule has 4 aromatic rings. The molecular formula is C47H55ClN10O8. The standard InChI is InChI=1S/C47H55ClN10O8/c1-25(2)57-36-8-6-29(18-28(36)19-38(45(57)63)65-24-40(60)49-5)51-42-34(48)22-50-47(53-42)54-14-12-31(13-15-54)66-32-20-30(21-32)56-17-16-55(23-26(56)3)35-9-7-33-41(27(35)4)46(64)58(44(33)62)37-10-11-39(59)52-43(37)61/h6-9,18-19,22,25-26,30-32,37H,10-17,20-21,23-24H2,1-5H3,(H,49,60)(H,50,51,53)(H,52,59,61)/t26-,30?,32?,37?/m0/s1. The molecule has 3 saturated heterocycles. The number of rotatable bonds is 12. The van der Waals surface area contributed by atoms with Crippen molar-refractivity contribution in [2.45, 2.75) is 103 Å². The van der Waals surface area contributed by atoms with Crippen molar-refractivity contribution in [1.82, 2.24) is 35.0 Å². The fraction of sp³-hybridized carbons (Fsp3) is 0.489. The topological polar surface area (TPSA) is 201 Å². The van der Waals surface area contributed by atoms with E-state index >= 15 is 0 Å². The van der Waals surface area contributed by atoms with Crippen LogP contribution in [0.1, 0.15) is 91.6 Å². The number of nitrogens with one attached hydrogen (secondary N) is 3. The zero-order chi connectivity index (χ0) is 46.6. The average Bonchev–Trinajstić information content (AvgIpc) is 3.53. The number of anilines is 4. The summed E-state index contributed by atoms with van der Waals surface area (Å²) < 4.78 is 13.9. The van der Waals surface area contributed by atoms with E-state index in [-0.39, 0.29) is 61.0 Å². The third kappa shape index (κ3) is 8.57. The highest BCUT2D eigenvalue weighted by Crippen LogP contribution is 2.38. The van der Waals surface area contributed by atoms with E-state index in [1.807, 2.05) is 45.0 Å². The van der Waals surface area contributed by atoms with Crippen molar-refractivity contribution in [2.75, 3.05) is 61.5 Å². The van der Waals surface area contributed by atoms with Gasteiger partial charge in [0.2, 0.25) is 17.8 Å². The van der Waals surface area contributed by atoms with E-state index in [1.165, 1.54) is 7.05 Å². The highest BCUT2D eigenvalue weighted by molar-refractivity contribution is 6.33. The molecule has 1 saturated carbocycles. The Morgan fingerprint density at radius 1 is 0.955 bits per heavy atom. The maximum absolute atomic E-state index is 13.6. The third-order valence-corrected chi connectivity index (χ3v) is 13.9. The lowest BCUT2D eigenvalue weighted by atomic mass is 9.86. The summed E-state index contributed by atoms with van der Waals surface area (Å²) in [5, 5.41) is 9.20. The van der Waals surface area contributed by atoms with Crippen LogP contribution in [0.25, 0.3) is 10.9 Å². The number of likely N-dealkylation sites (N-methyl/N-ethyl adjacent to an activating group) is 1. The predicted octanol–water partition coefficient (Wildman–Crippen LogP) is 4.33. The van der Waals surface area contributed by atoms with Crippen molar-refractivity contribution in [2.24, 2.45) is 0 Å². The van der Waals surface area contributed by atoms with Crippen LogP contribution in [-0.4, -0.2) is 131 Å². The van der Waals surface area contributed by atoms with Crippen LogP contribution < -0.4 is 36.0 Å². The molecule has 1 unspecified atom stereocenters. The van der Waals surface area contributed by atoms with Crippen LogP contribution in [0.4, 0.5) is 23.1 Å². The molecule has 2 aromatic carbocycles. The van der Waals surface area contributed by atoms with Crippen molar-refractivity contribution >= 4 is 75.2 Å². The monoisotopic (exact) mass is 922 g/mol. The number of carbonyl (C=O) groups is 5. The molecule has 2 aromatic heterocycles. The number of piperidine rings is 2. The number of amides is 5. The highest BCUT2D eigenvalue weighted by atomic mass is 35.5. The summed E-state index contributed by atoms with van der Waals surface area (Å²) in [6.45, 7) is 11.5. The van der Waals surface area contributed by atoms with Gasteiger partial charge in [-0.25, -0.2) is 4.98 Å². The molecule has 0 spiro atoms. The minimum atomic E-state index is -0.993. The number of nitrogens with zero attached hydrogens (tertiary/aromatic N) is 7. The number of aromatic nitrogens is 3. The number of piperazine rings is 1. The molecule has 2 atom stereocenters. The molecule has 3 N–H and O–H groups in total. The van der Waals surface area contributed by atoms with Crippen LogP contribution in [-0.2, 0) is 19.1 Å². The van der Waals surface area contributed by atoms with E-state index in [0.717, 1.165) is 85.5 Å². The summed E-state index contributed by atoms with van der Waals surface area (Å²) in [6, 6.07) is 10.4. The van der Waals surface area contributed by atoms with Gasteiger partial charge in [-0.1, -0.05) is 11.6 Å². The molecular weight excluding hydrogens is 868 g/mol. The number of hydrogen-bond donors (Lipinski definition) is 3. The maximum Gasteiger partial charge on any atom is 0.293 e. The SMILES string of the molecule is CNC(=O)COc1cc2cc(Nc3nc(N4CCC(OC5CC(N6CCN(c7ccc8c(c7C)C(=O)N(C7CCC(=O)NC7=O)C8=O)C[C@@H]6C)C5)CC4)ncc3Cl)ccc2n(C(C)C)c1=O. The molecule has 0 bridgehead atoms. The second-order valence-corrected chi connectivity index (χ2v) is 18.6. The quantitative estimate of drug-likeness (QED) is 0.170. The van der Waals surface area contributed by atoms with Gasteiger partial charge in [0.25, 0.3) is 23.3 Å².